The van der Waals surface area contributed by atoms with Gasteiger partial charge >= 0.3 is 0 Å². The van der Waals surface area contributed by atoms with Gasteiger partial charge in [0.15, 0.2) is 0 Å². The standard InChI is InChI=1S/C12H17ClN2O2/c1-9(2)15(7-3-5-13)12(17)10-4-6-14-8-11(10)16/h4,6,8-9,16H,3,5,7H2,1-2H3. The molecule has 17 heavy (non-hydrogen) atoms. The Balaban J connectivity index is 2.88. The molecular formula is C12H17ClN2O2. The highest BCUT2D eigenvalue weighted by Crippen LogP contribution is 2.18. The summed E-state index contributed by atoms with van der Waals surface area (Å²) in [6.45, 7) is 4.45. The van der Waals surface area contributed by atoms with E-state index in [0.717, 1.165) is 6.42 Å². The summed E-state index contributed by atoms with van der Waals surface area (Å²) >= 11 is 5.63. The summed E-state index contributed by atoms with van der Waals surface area (Å²) in [5, 5.41) is 9.60. The molecule has 0 radical (unpaired) electrons. The van der Waals surface area contributed by atoms with Crippen molar-refractivity contribution in [3.05, 3.63) is 24.0 Å². The number of nitrogens with zero attached hydrogens (tertiary/aromatic N) is 2. The van der Waals surface area contributed by atoms with Crippen LogP contribution in [0.5, 0.6) is 5.75 Å². The Morgan fingerprint density at radius 2 is 2.29 bits per heavy atom. The average Bonchev–Trinajstić information content (AvgIpc) is 2.29. The molecule has 1 aromatic heterocycles. The lowest BCUT2D eigenvalue weighted by Gasteiger charge is -2.26. The number of aromatic hydroxyl groups is 1. The van der Waals surface area contributed by atoms with E-state index in [-0.39, 0.29) is 23.3 Å². The van der Waals surface area contributed by atoms with Gasteiger partial charge in [-0.3, -0.25) is 9.78 Å². The van der Waals surface area contributed by atoms with Crippen LogP contribution in [0.1, 0.15) is 30.6 Å². The summed E-state index contributed by atoms with van der Waals surface area (Å²) in [6.07, 6.45) is 3.50. The number of amides is 1. The largest absolute Gasteiger partial charge is 0.505 e. The lowest BCUT2D eigenvalue weighted by atomic mass is 10.2. The Kier molecular flexibility index (Phi) is 5.22. The third-order valence-corrected chi connectivity index (χ3v) is 2.71. The van der Waals surface area contributed by atoms with Gasteiger partial charge in [-0.15, -0.1) is 11.6 Å². The van der Waals surface area contributed by atoms with Crippen molar-refractivity contribution in [1.82, 2.24) is 9.88 Å². The van der Waals surface area contributed by atoms with Crippen molar-refractivity contribution in [2.45, 2.75) is 26.3 Å². The molecule has 0 spiro atoms. The number of alkyl halides is 1. The van der Waals surface area contributed by atoms with Crippen molar-refractivity contribution in [1.29, 1.82) is 0 Å². The second-order valence-corrected chi connectivity index (χ2v) is 4.41. The molecule has 1 heterocycles. The van der Waals surface area contributed by atoms with Crippen LogP contribution in [0.25, 0.3) is 0 Å². The van der Waals surface area contributed by atoms with Gasteiger partial charge in [0.1, 0.15) is 5.75 Å². The van der Waals surface area contributed by atoms with E-state index in [2.05, 4.69) is 4.98 Å². The fourth-order valence-electron chi connectivity index (χ4n) is 1.55. The summed E-state index contributed by atoms with van der Waals surface area (Å²) in [5.41, 5.74) is 0.281. The topological polar surface area (TPSA) is 53.4 Å². The minimum Gasteiger partial charge on any atom is -0.505 e. The quantitative estimate of drug-likeness (QED) is 0.823. The number of halogens is 1. The molecule has 0 fully saturated rings. The first-order valence-corrected chi connectivity index (χ1v) is 6.11. The molecule has 1 aromatic rings. The van der Waals surface area contributed by atoms with E-state index in [1.807, 2.05) is 13.8 Å². The number of rotatable bonds is 5. The van der Waals surface area contributed by atoms with Crippen molar-refractivity contribution in [3.8, 4) is 5.75 Å². The summed E-state index contributed by atoms with van der Waals surface area (Å²) in [5.74, 6) is 0.234. The van der Waals surface area contributed by atoms with Crippen LogP contribution in [0.2, 0.25) is 0 Å². The number of carbonyl (C=O) groups is 1. The highest BCUT2D eigenvalue weighted by molar-refractivity contribution is 6.17. The molecule has 0 unspecified atom stereocenters. The van der Waals surface area contributed by atoms with Gasteiger partial charge in [0.25, 0.3) is 5.91 Å². The first-order chi connectivity index (χ1) is 8.07. The Hall–Kier alpha value is -1.29. The average molecular weight is 257 g/mol. The van der Waals surface area contributed by atoms with Crippen molar-refractivity contribution in [2.75, 3.05) is 12.4 Å². The second-order valence-electron chi connectivity index (χ2n) is 4.03. The maximum Gasteiger partial charge on any atom is 0.257 e. The highest BCUT2D eigenvalue weighted by Gasteiger charge is 2.20. The molecular weight excluding hydrogens is 240 g/mol. The molecule has 5 heteroatoms. The van der Waals surface area contributed by atoms with E-state index in [4.69, 9.17) is 11.6 Å². The smallest absolute Gasteiger partial charge is 0.257 e. The summed E-state index contributed by atoms with van der Waals surface area (Å²) in [6, 6.07) is 1.59. The van der Waals surface area contributed by atoms with Crippen LogP contribution >= 0.6 is 11.6 Å². The summed E-state index contributed by atoms with van der Waals surface area (Å²) in [7, 11) is 0. The fraction of sp³-hybridized carbons (Fsp3) is 0.500. The van der Waals surface area contributed by atoms with Crippen LogP contribution in [-0.2, 0) is 0 Å². The third kappa shape index (κ3) is 3.60. The Morgan fingerprint density at radius 3 is 2.82 bits per heavy atom. The Morgan fingerprint density at radius 1 is 1.59 bits per heavy atom. The molecule has 1 rings (SSSR count). The lowest BCUT2D eigenvalue weighted by molar-refractivity contribution is 0.0703. The lowest BCUT2D eigenvalue weighted by Crippen LogP contribution is -2.37. The van der Waals surface area contributed by atoms with Gasteiger partial charge in [-0.25, -0.2) is 0 Å². The van der Waals surface area contributed by atoms with Gasteiger partial charge in [-0.05, 0) is 26.3 Å². The van der Waals surface area contributed by atoms with Gasteiger partial charge in [0, 0.05) is 24.7 Å². The predicted octanol–water partition coefficient (Wildman–Crippen LogP) is 2.27. The zero-order chi connectivity index (χ0) is 12.8. The van der Waals surface area contributed by atoms with E-state index in [1.165, 1.54) is 18.5 Å². The molecule has 1 N–H and O–H groups in total. The molecule has 0 aromatic carbocycles. The molecule has 94 valence electrons. The fourth-order valence-corrected chi connectivity index (χ4v) is 1.67. The van der Waals surface area contributed by atoms with Crippen LogP contribution in [0, 0.1) is 0 Å². The zero-order valence-electron chi connectivity index (χ0n) is 10.1. The number of hydrogen-bond donors (Lipinski definition) is 1. The Labute approximate surface area is 106 Å². The normalized spacial score (nSPS) is 10.6. The number of carbonyl (C=O) groups excluding carboxylic acids is 1. The van der Waals surface area contributed by atoms with E-state index in [0.29, 0.717) is 12.4 Å². The van der Waals surface area contributed by atoms with E-state index < -0.39 is 0 Å². The van der Waals surface area contributed by atoms with Crippen molar-refractivity contribution >= 4 is 17.5 Å². The monoisotopic (exact) mass is 256 g/mol. The second kappa shape index (κ2) is 6.45. The highest BCUT2D eigenvalue weighted by atomic mass is 35.5. The van der Waals surface area contributed by atoms with Crippen LogP contribution in [0.4, 0.5) is 0 Å². The minimum absolute atomic E-state index is 0.0679. The number of aromatic nitrogens is 1. The van der Waals surface area contributed by atoms with Gasteiger partial charge in [-0.1, -0.05) is 0 Å². The molecule has 4 nitrogen and oxygen atoms in total. The third-order valence-electron chi connectivity index (χ3n) is 2.45. The molecule has 0 saturated carbocycles. The van der Waals surface area contributed by atoms with E-state index in [9.17, 15) is 9.90 Å². The summed E-state index contributed by atoms with van der Waals surface area (Å²) in [4.78, 5) is 17.7. The predicted molar refractivity (Wildman–Crippen MR) is 67.4 cm³/mol. The minimum atomic E-state index is -0.190. The van der Waals surface area contributed by atoms with Gasteiger partial charge in [-0.2, -0.15) is 0 Å². The molecule has 0 aliphatic heterocycles. The maximum absolute atomic E-state index is 12.2. The number of hydrogen-bond acceptors (Lipinski definition) is 3. The van der Waals surface area contributed by atoms with Gasteiger partial charge < -0.3 is 10.0 Å². The number of pyridine rings is 1. The molecule has 0 saturated heterocycles. The first-order valence-electron chi connectivity index (χ1n) is 5.57. The van der Waals surface area contributed by atoms with E-state index >= 15 is 0 Å². The SMILES string of the molecule is CC(C)N(CCCCl)C(=O)c1ccncc1O. The van der Waals surface area contributed by atoms with Crippen LogP contribution < -0.4 is 0 Å². The van der Waals surface area contributed by atoms with Crippen molar-refractivity contribution < 1.29 is 9.90 Å². The van der Waals surface area contributed by atoms with Crippen LogP contribution in [-0.4, -0.2) is 39.4 Å². The van der Waals surface area contributed by atoms with Crippen LogP contribution in [0.15, 0.2) is 18.5 Å². The van der Waals surface area contributed by atoms with Crippen molar-refractivity contribution in [3.63, 3.8) is 0 Å². The van der Waals surface area contributed by atoms with Crippen LogP contribution in [0.3, 0.4) is 0 Å². The van der Waals surface area contributed by atoms with Crippen molar-refractivity contribution in [2.24, 2.45) is 0 Å². The Bertz CT molecular complexity index is 383. The van der Waals surface area contributed by atoms with Gasteiger partial charge in [0.05, 0.1) is 11.8 Å². The first kappa shape index (κ1) is 13.8. The molecule has 0 aliphatic rings. The summed E-state index contributed by atoms with van der Waals surface area (Å²) < 4.78 is 0. The molecule has 0 atom stereocenters. The van der Waals surface area contributed by atoms with E-state index in [1.54, 1.807) is 4.90 Å². The molecule has 1 amide bonds. The zero-order valence-corrected chi connectivity index (χ0v) is 10.8. The molecule has 0 bridgehead atoms. The van der Waals surface area contributed by atoms with Gasteiger partial charge in [0.2, 0.25) is 0 Å². The maximum atomic E-state index is 12.2. The molecule has 0 aliphatic carbocycles.